The average Bonchev–Trinajstić information content (AvgIpc) is 2.94. The van der Waals surface area contributed by atoms with E-state index >= 15 is 0 Å². The van der Waals surface area contributed by atoms with Gasteiger partial charge in [-0.15, -0.1) is 11.3 Å². The Morgan fingerprint density at radius 2 is 2.25 bits per heavy atom. The molecule has 0 spiro atoms. The van der Waals surface area contributed by atoms with Gasteiger partial charge in [0.15, 0.2) is 11.6 Å². The summed E-state index contributed by atoms with van der Waals surface area (Å²) in [7, 11) is 1.43. The first-order chi connectivity index (χ1) is 9.58. The van der Waals surface area contributed by atoms with Crippen molar-refractivity contribution in [2.24, 2.45) is 0 Å². The molecule has 0 fully saturated rings. The Morgan fingerprint density at radius 1 is 1.45 bits per heavy atom. The number of hydrogen-bond acceptors (Lipinski definition) is 5. The minimum Gasteiger partial charge on any atom is -0.494 e. The van der Waals surface area contributed by atoms with E-state index in [4.69, 9.17) is 10.5 Å². The van der Waals surface area contributed by atoms with Crippen molar-refractivity contribution in [1.29, 1.82) is 0 Å². The number of anilines is 1. The number of aromatic nitrogens is 3. The number of nitrogen functional groups attached to an aromatic ring is 1. The van der Waals surface area contributed by atoms with Crippen LogP contribution in [0.2, 0.25) is 0 Å². The maximum absolute atomic E-state index is 13.7. The van der Waals surface area contributed by atoms with Crippen LogP contribution in [0.15, 0.2) is 18.3 Å². The number of halogens is 1. The van der Waals surface area contributed by atoms with Crippen LogP contribution in [0.1, 0.15) is 9.88 Å². The average molecular weight is 292 g/mol. The van der Waals surface area contributed by atoms with E-state index in [-0.39, 0.29) is 5.75 Å². The van der Waals surface area contributed by atoms with Gasteiger partial charge in [0.2, 0.25) is 5.95 Å². The molecular weight excluding hydrogens is 279 g/mol. The zero-order chi connectivity index (χ0) is 14.3. The molecule has 0 bridgehead atoms. The molecular formula is C13H13FN4OS. The predicted octanol–water partition coefficient (Wildman–Crippen LogP) is 2.58. The summed E-state index contributed by atoms with van der Waals surface area (Å²) in [6.45, 7) is 2.50. The third kappa shape index (κ3) is 2.09. The first kappa shape index (κ1) is 12.9. The molecule has 2 aromatic heterocycles. The lowest BCUT2D eigenvalue weighted by Crippen LogP contribution is -2.03. The van der Waals surface area contributed by atoms with E-state index in [1.54, 1.807) is 17.4 Å². The van der Waals surface area contributed by atoms with Crippen LogP contribution >= 0.6 is 11.3 Å². The summed E-state index contributed by atoms with van der Waals surface area (Å²) in [5, 5.41) is 0.992. The molecule has 20 heavy (non-hydrogen) atoms. The van der Waals surface area contributed by atoms with Crippen molar-refractivity contribution in [3.63, 3.8) is 0 Å². The number of aryl methyl sites for hydroxylation is 1. The maximum Gasteiger partial charge on any atom is 0.201 e. The second-order valence-electron chi connectivity index (χ2n) is 4.38. The van der Waals surface area contributed by atoms with E-state index in [9.17, 15) is 4.39 Å². The molecule has 3 aromatic rings. The van der Waals surface area contributed by atoms with E-state index in [2.05, 4.69) is 9.97 Å². The molecule has 0 aliphatic heterocycles. The smallest absolute Gasteiger partial charge is 0.201 e. The van der Waals surface area contributed by atoms with Gasteiger partial charge in [0.05, 0.1) is 29.7 Å². The Hall–Kier alpha value is -2.15. The third-order valence-corrected chi connectivity index (χ3v) is 3.93. The summed E-state index contributed by atoms with van der Waals surface area (Å²) >= 11 is 1.60. The van der Waals surface area contributed by atoms with Crippen LogP contribution in [0.3, 0.4) is 0 Å². The lowest BCUT2D eigenvalue weighted by Gasteiger charge is -2.06. The highest BCUT2D eigenvalue weighted by Crippen LogP contribution is 2.27. The topological polar surface area (TPSA) is 66.0 Å². The third-order valence-electron chi connectivity index (χ3n) is 3.03. The maximum atomic E-state index is 13.7. The number of fused-ring (bicyclic) bond motifs is 1. The molecule has 2 heterocycles. The van der Waals surface area contributed by atoms with Gasteiger partial charge in [-0.3, -0.25) is 0 Å². The zero-order valence-electron chi connectivity index (χ0n) is 11.1. The first-order valence-electron chi connectivity index (χ1n) is 5.99. The van der Waals surface area contributed by atoms with Gasteiger partial charge in [-0.25, -0.2) is 14.4 Å². The highest BCUT2D eigenvalue weighted by Gasteiger charge is 2.14. The van der Waals surface area contributed by atoms with Crippen LogP contribution in [0.5, 0.6) is 5.75 Å². The molecule has 0 radical (unpaired) electrons. The first-order valence-corrected chi connectivity index (χ1v) is 6.80. The molecule has 7 heteroatoms. The summed E-state index contributed by atoms with van der Waals surface area (Å²) in [6.07, 6.45) is 1.81. The highest BCUT2D eigenvalue weighted by atomic mass is 32.1. The lowest BCUT2D eigenvalue weighted by molar-refractivity contribution is 0.387. The summed E-state index contributed by atoms with van der Waals surface area (Å²) in [4.78, 5) is 9.46. The largest absolute Gasteiger partial charge is 0.494 e. The van der Waals surface area contributed by atoms with Crippen molar-refractivity contribution < 1.29 is 9.13 Å². The molecule has 104 valence electrons. The molecule has 0 aliphatic carbocycles. The second kappa shape index (κ2) is 4.75. The zero-order valence-corrected chi connectivity index (χ0v) is 11.9. The van der Waals surface area contributed by atoms with Gasteiger partial charge >= 0.3 is 0 Å². The number of rotatable bonds is 3. The normalized spacial score (nSPS) is 11.2. The highest BCUT2D eigenvalue weighted by molar-refractivity contribution is 7.11. The number of nitrogens with two attached hydrogens (primary N) is 1. The minimum atomic E-state index is -0.446. The predicted molar refractivity (Wildman–Crippen MR) is 76.6 cm³/mol. The van der Waals surface area contributed by atoms with Gasteiger partial charge in [0.25, 0.3) is 0 Å². The number of hydrogen-bond donors (Lipinski definition) is 1. The summed E-state index contributed by atoms with van der Waals surface area (Å²) in [5.74, 6) is 0.0797. The molecule has 0 saturated heterocycles. The van der Waals surface area contributed by atoms with E-state index in [1.165, 1.54) is 13.2 Å². The molecule has 0 saturated carbocycles. The number of benzene rings is 1. The Balaban J connectivity index is 2.11. The van der Waals surface area contributed by atoms with Gasteiger partial charge in [-0.1, -0.05) is 0 Å². The summed E-state index contributed by atoms with van der Waals surface area (Å²) in [5.41, 5.74) is 7.18. The molecule has 1 aromatic carbocycles. The number of ether oxygens (including phenoxy) is 1. The van der Waals surface area contributed by atoms with Crippen molar-refractivity contribution >= 4 is 28.3 Å². The van der Waals surface area contributed by atoms with Crippen molar-refractivity contribution in [2.45, 2.75) is 13.5 Å². The standard InChI is InChI=1S/C13H13FN4OS/c1-7-16-5-8(20-7)6-18-11-4-12(19-2)9(14)3-10(11)17-13(18)15/h3-5H,6H2,1-2H3,(H2,15,17). The van der Waals surface area contributed by atoms with Gasteiger partial charge in [0, 0.05) is 23.2 Å². The van der Waals surface area contributed by atoms with Gasteiger partial charge < -0.3 is 15.0 Å². The molecule has 2 N–H and O–H groups in total. The molecule has 3 rings (SSSR count). The van der Waals surface area contributed by atoms with Crippen molar-refractivity contribution in [3.05, 3.63) is 34.0 Å². The van der Waals surface area contributed by atoms with E-state index in [1.807, 2.05) is 17.7 Å². The van der Waals surface area contributed by atoms with Crippen LogP contribution in [-0.4, -0.2) is 21.6 Å². The monoisotopic (exact) mass is 292 g/mol. The fourth-order valence-electron chi connectivity index (χ4n) is 2.10. The van der Waals surface area contributed by atoms with Crippen molar-refractivity contribution in [3.8, 4) is 5.75 Å². The molecule has 0 unspecified atom stereocenters. The summed E-state index contributed by atoms with van der Waals surface area (Å²) < 4.78 is 20.5. The SMILES string of the molecule is COc1cc2c(cc1F)nc(N)n2Cc1cnc(C)s1. The molecule has 0 aliphatic rings. The Kier molecular flexibility index (Phi) is 3.06. The number of nitrogens with zero attached hydrogens (tertiary/aromatic N) is 3. The lowest BCUT2D eigenvalue weighted by atomic mass is 10.3. The summed E-state index contributed by atoms with van der Waals surface area (Å²) in [6, 6.07) is 2.95. The molecule has 0 amide bonds. The van der Waals surface area contributed by atoms with E-state index < -0.39 is 5.82 Å². The van der Waals surface area contributed by atoms with E-state index in [0.29, 0.717) is 18.0 Å². The van der Waals surface area contributed by atoms with Crippen LogP contribution in [0.4, 0.5) is 10.3 Å². The quantitative estimate of drug-likeness (QED) is 0.805. The van der Waals surface area contributed by atoms with Gasteiger partial charge in [-0.05, 0) is 6.92 Å². The Morgan fingerprint density at radius 3 is 2.90 bits per heavy atom. The Bertz CT molecular complexity index is 780. The number of methoxy groups -OCH3 is 1. The van der Waals surface area contributed by atoms with Crippen LogP contribution < -0.4 is 10.5 Å². The van der Waals surface area contributed by atoms with E-state index in [0.717, 1.165) is 15.4 Å². The van der Waals surface area contributed by atoms with Crippen molar-refractivity contribution in [1.82, 2.24) is 14.5 Å². The number of imidazole rings is 1. The number of thiazole rings is 1. The van der Waals surface area contributed by atoms with Crippen LogP contribution in [-0.2, 0) is 6.54 Å². The van der Waals surface area contributed by atoms with Crippen LogP contribution in [0, 0.1) is 12.7 Å². The van der Waals surface area contributed by atoms with Gasteiger partial charge in [-0.2, -0.15) is 0 Å². The minimum absolute atomic E-state index is 0.180. The van der Waals surface area contributed by atoms with Crippen LogP contribution in [0.25, 0.3) is 11.0 Å². The molecule has 0 atom stereocenters. The molecule has 5 nitrogen and oxygen atoms in total. The van der Waals surface area contributed by atoms with Gasteiger partial charge in [0.1, 0.15) is 0 Å². The van der Waals surface area contributed by atoms with Crippen molar-refractivity contribution in [2.75, 3.05) is 12.8 Å². The second-order valence-corrected chi connectivity index (χ2v) is 5.70. The Labute approximate surface area is 118 Å². The fraction of sp³-hybridized carbons (Fsp3) is 0.231. The fourth-order valence-corrected chi connectivity index (χ4v) is 2.89.